The van der Waals surface area contributed by atoms with Gasteiger partial charge in [-0.2, -0.15) is 0 Å². The largest absolute Gasteiger partial charge is 0.467 e. The smallest absolute Gasteiger partial charge is 0.353 e. The number of hydrogen-bond donors (Lipinski definition) is 2. The Morgan fingerprint density at radius 1 is 1.28 bits per heavy atom. The van der Waals surface area contributed by atoms with Crippen LogP contribution in [0.4, 0.5) is 17.3 Å². The van der Waals surface area contributed by atoms with Crippen molar-refractivity contribution in [3.63, 3.8) is 0 Å². The molecule has 2 N–H and O–H groups in total. The van der Waals surface area contributed by atoms with Crippen LogP contribution in [0.2, 0.25) is 0 Å². The number of rotatable bonds is 9. The number of aryl methyl sites for hydroxylation is 1. The Bertz CT molecular complexity index is 803. The quantitative estimate of drug-likeness (QED) is 0.344. The molecule has 0 aromatic carbocycles. The summed E-state index contributed by atoms with van der Waals surface area (Å²) in [5.41, 5.74) is -0.184. The molecule has 0 atom stereocenters. The number of imidazole rings is 1. The second kappa shape index (κ2) is 7.90. The van der Waals surface area contributed by atoms with Crippen LogP contribution in [0.1, 0.15) is 12.2 Å². The highest BCUT2D eigenvalue weighted by molar-refractivity contribution is 5.69. The molecule has 3 aromatic rings. The first kappa shape index (κ1) is 16.4. The highest BCUT2D eigenvalue weighted by Gasteiger charge is 2.22. The van der Waals surface area contributed by atoms with Gasteiger partial charge in [0.15, 0.2) is 0 Å². The van der Waals surface area contributed by atoms with Crippen LogP contribution >= 0.6 is 0 Å². The van der Waals surface area contributed by atoms with E-state index in [1.54, 1.807) is 30.9 Å². The standard InChI is InChI=1S/C15H17N7O3/c23-22(24)13-14(17-4-2-6-21-7-5-16-11-21)19-10-20-15(13)18-9-12-3-1-8-25-12/h1,3,5,7-8,10-11H,2,4,6,9H2,(H2,17,18,19,20). The van der Waals surface area contributed by atoms with Crippen LogP contribution in [-0.2, 0) is 13.1 Å². The SMILES string of the molecule is O=[N+]([O-])c1c(NCCCn2ccnc2)ncnc1NCc1ccco1. The zero-order valence-electron chi connectivity index (χ0n) is 13.3. The van der Waals surface area contributed by atoms with Crippen molar-refractivity contribution in [3.05, 3.63) is 59.3 Å². The molecule has 0 aliphatic heterocycles. The lowest BCUT2D eigenvalue weighted by Crippen LogP contribution is -2.11. The maximum atomic E-state index is 11.4. The lowest BCUT2D eigenvalue weighted by atomic mass is 10.3. The van der Waals surface area contributed by atoms with E-state index >= 15 is 0 Å². The summed E-state index contributed by atoms with van der Waals surface area (Å²) in [5, 5.41) is 17.3. The molecule has 10 heteroatoms. The molecule has 0 saturated carbocycles. The second-order valence-electron chi connectivity index (χ2n) is 5.19. The van der Waals surface area contributed by atoms with Gasteiger partial charge >= 0.3 is 5.69 Å². The minimum absolute atomic E-state index is 0.147. The summed E-state index contributed by atoms with van der Waals surface area (Å²) in [5.74, 6) is 0.990. The maximum absolute atomic E-state index is 11.4. The molecule has 0 unspecified atom stereocenters. The van der Waals surface area contributed by atoms with Crippen molar-refractivity contribution in [1.82, 2.24) is 19.5 Å². The van der Waals surface area contributed by atoms with Gasteiger partial charge in [-0.15, -0.1) is 0 Å². The Labute approximate surface area is 143 Å². The molecule has 0 aliphatic rings. The van der Waals surface area contributed by atoms with Crippen LogP contribution in [0.3, 0.4) is 0 Å². The number of nitrogens with one attached hydrogen (secondary N) is 2. The number of aromatic nitrogens is 4. The highest BCUT2D eigenvalue weighted by Crippen LogP contribution is 2.29. The molecule has 0 radical (unpaired) electrons. The lowest BCUT2D eigenvalue weighted by molar-refractivity contribution is -0.383. The number of furan rings is 1. The van der Waals surface area contributed by atoms with E-state index in [9.17, 15) is 10.1 Å². The Morgan fingerprint density at radius 2 is 2.12 bits per heavy atom. The van der Waals surface area contributed by atoms with E-state index in [1.807, 2.05) is 10.8 Å². The van der Waals surface area contributed by atoms with Gasteiger partial charge in [-0.3, -0.25) is 10.1 Å². The summed E-state index contributed by atoms with van der Waals surface area (Å²) in [4.78, 5) is 22.9. The van der Waals surface area contributed by atoms with Crippen LogP contribution in [0, 0.1) is 10.1 Å². The minimum Gasteiger partial charge on any atom is -0.467 e. The van der Waals surface area contributed by atoms with Crippen molar-refractivity contribution < 1.29 is 9.34 Å². The summed E-state index contributed by atoms with van der Waals surface area (Å²) in [7, 11) is 0. The van der Waals surface area contributed by atoms with Gasteiger partial charge in [-0.05, 0) is 18.6 Å². The van der Waals surface area contributed by atoms with Gasteiger partial charge in [0.25, 0.3) is 0 Å². The molecule has 3 heterocycles. The maximum Gasteiger partial charge on any atom is 0.353 e. The molecule has 0 bridgehead atoms. The summed E-state index contributed by atoms with van der Waals surface area (Å²) in [6, 6.07) is 3.52. The predicted molar refractivity (Wildman–Crippen MR) is 90.1 cm³/mol. The van der Waals surface area contributed by atoms with E-state index in [-0.39, 0.29) is 17.3 Å². The van der Waals surface area contributed by atoms with Crippen molar-refractivity contribution in [2.75, 3.05) is 17.2 Å². The van der Waals surface area contributed by atoms with Crippen molar-refractivity contribution in [2.24, 2.45) is 0 Å². The van der Waals surface area contributed by atoms with Crippen molar-refractivity contribution in [1.29, 1.82) is 0 Å². The third kappa shape index (κ3) is 4.31. The first-order valence-corrected chi connectivity index (χ1v) is 7.69. The van der Waals surface area contributed by atoms with E-state index < -0.39 is 4.92 Å². The number of hydrogen-bond acceptors (Lipinski definition) is 8. The van der Waals surface area contributed by atoms with Crippen LogP contribution in [0.15, 0.2) is 47.9 Å². The zero-order valence-corrected chi connectivity index (χ0v) is 13.3. The molecule has 0 fully saturated rings. The summed E-state index contributed by atoms with van der Waals surface area (Å²) in [6.07, 6.45) is 8.90. The normalized spacial score (nSPS) is 10.6. The third-order valence-corrected chi connectivity index (χ3v) is 3.46. The average molecular weight is 343 g/mol. The van der Waals surface area contributed by atoms with E-state index in [0.717, 1.165) is 13.0 Å². The molecular weight excluding hydrogens is 326 g/mol. The zero-order chi connectivity index (χ0) is 17.5. The molecule has 3 aromatic heterocycles. The molecular formula is C15H17N7O3. The molecule has 25 heavy (non-hydrogen) atoms. The van der Waals surface area contributed by atoms with Gasteiger partial charge in [-0.1, -0.05) is 0 Å². The van der Waals surface area contributed by atoms with Gasteiger partial charge in [-0.25, -0.2) is 15.0 Å². The average Bonchev–Trinajstić information content (AvgIpc) is 3.30. The van der Waals surface area contributed by atoms with E-state index in [1.165, 1.54) is 6.33 Å². The first-order chi connectivity index (χ1) is 12.2. The lowest BCUT2D eigenvalue weighted by Gasteiger charge is -2.09. The fourth-order valence-corrected chi connectivity index (χ4v) is 2.28. The Morgan fingerprint density at radius 3 is 2.80 bits per heavy atom. The van der Waals surface area contributed by atoms with Gasteiger partial charge < -0.3 is 19.6 Å². The fraction of sp³-hybridized carbons (Fsp3) is 0.267. The summed E-state index contributed by atoms with van der Waals surface area (Å²) < 4.78 is 7.14. The van der Waals surface area contributed by atoms with Crippen molar-refractivity contribution in [2.45, 2.75) is 19.5 Å². The second-order valence-corrected chi connectivity index (χ2v) is 5.19. The number of nitro groups is 1. The molecule has 0 saturated heterocycles. The van der Waals surface area contributed by atoms with Crippen LogP contribution < -0.4 is 10.6 Å². The van der Waals surface area contributed by atoms with Gasteiger partial charge in [0.05, 0.1) is 24.1 Å². The molecule has 130 valence electrons. The van der Waals surface area contributed by atoms with E-state index in [2.05, 4.69) is 25.6 Å². The molecule has 0 amide bonds. The predicted octanol–water partition coefficient (Wildman–Crippen LogP) is 2.29. The van der Waals surface area contributed by atoms with Crippen molar-refractivity contribution >= 4 is 17.3 Å². The van der Waals surface area contributed by atoms with Gasteiger partial charge in [0.1, 0.15) is 12.1 Å². The number of nitrogens with zero attached hydrogens (tertiary/aromatic N) is 5. The molecule has 0 spiro atoms. The first-order valence-electron chi connectivity index (χ1n) is 7.69. The topological polar surface area (TPSA) is 124 Å². The van der Waals surface area contributed by atoms with Crippen LogP contribution in [0.5, 0.6) is 0 Å². The van der Waals surface area contributed by atoms with Gasteiger partial charge in [0, 0.05) is 25.5 Å². The van der Waals surface area contributed by atoms with Crippen molar-refractivity contribution in [3.8, 4) is 0 Å². The fourth-order valence-electron chi connectivity index (χ4n) is 2.28. The van der Waals surface area contributed by atoms with Gasteiger partial charge in [0.2, 0.25) is 11.6 Å². The van der Waals surface area contributed by atoms with Crippen LogP contribution in [-0.4, -0.2) is 31.0 Å². The van der Waals surface area contributed by atoms with E-state index in [4.69, 9.17) is 4.42 Å². The molecule has 0 aliphatic carbocycles. The summed E-state index contributed by atoms with van der Waals surface area (Å²) >= 11 is 0. The molecule has 3 rings (SSSR count). The Balaban J connectivity index is 1.63. The van der Waals surface area contributed by atoms with Crippen LogP contribution in [0.25, 0.3) is 0 Å². The van der Waals surface area contributed by atoms with E-state index in [0.29, 0.717) is 18.8 Å². The summed E-state index contributed by atoms with van der Waals surface area (Å²) in [6.45, 7) is 1.59. The Kier molecular flexibility index (Phi) is 5.19. The highest BCUT2D eigenvalue weighted by atomic mass is 16.6. The Hall–Kier alpha value is -3.43. The minimum atomic E-state index is -0.497. The number of anilines is 2. The molecule has 10 nitrogen and oxygen atoms in total. The third-order valence-electron chi connectivity index (χ3n) is 3.46. The monoisotopic (exact) mass is 343 g/mol.